The van der Waals surface area contributed by atoms with Crippen LogP contribution in [-0.2, 0) is 6.54 Å². The molecule has 1 aliphatic heterocycles. The first-order valence-corrected chi connectivity index (χ1v) is 8.55. The van der Waals surface area contributed by atoms with Gasteiger partial charge >= 0.3 is 0 Å². The van der Waals surface area contributed by atoms with Crippen LogP contribution in [0.1, 0.15) is 63.6 Å². The fraction of sp³-hybridized carbons (Fsp3) is 0.812. The molecule has 118 valence electrons. The van der Waals surface area contributed by atoms with Gasteiger partial charge in [0.2, 0.25) is 0 Å². The van der Waals surface area contributed by atoms with E-state index in [9.17, 15) is 0 Å². The number of nitrogens with zero attached hydrogens (tertiary/aromatic N) is 3. The van der Waals surface area contributed by atoms with Crippen LogP contribution in [0.25, 0.3) is 0 Å². The van der Waals surface area contributed by atoms with Crippen molar-refractivity contribution in [3.8, 4) is 0 Å². The first kappa shape index (κ1) is 15.0. The van der Waals surface area contributed by atoms with Crippen LogP contribution >= 0.6 is 0 Å². The number of nitrogens with one attached hydrogen (secondary N) is 1. The Labute approximate surface area is 127 Å². The highest BCUT2D eigenvalue weighted by Crippen LogP contribution is 2.45. The average molecular weight is 291 g/mol. The zero-order valence-corrected chi connectivity index (χ0v) is 13.2. The molecule has 0 bridgehead atoms. The summed E-state index contributed by atoms with van der Waals surface area (Å²) in [5.41, 5.74) is 4.61. The van der Waals surface area contributed by atoms with Gasteiger partial charge in [-0.05, 0) is 51.3 Å². The van der Waals surface area contributed by atoms with Gasteiger partial charge in [0.15, 0.2) is 0 Å². The summed E-state index contributed by atoms with van der Waals surface area (Å²) >= 11 is 0. The van der Waals surface area contributed by atoms with Crippen LogP contribution in [0.5, 0.6) is 0 Å². The molecule has 0 aromatic carbocycles. The molecule has 2 aliphatic rings. The molecular formula is C16H29N5. The summed E-state index contributed by atoms with van der Waals surface area (Å²) in [5.74, 6) is 6.04. The minimum absolute atomic E-state index is 0.187. The Hall–Kier alpha value is -0.910. The van der Waals surface area contributed by atoms with Crippen LogP contribution in [-0.4, -0.2) is 33.3 Å². The number of hydrogen-bond donors (Lipinski definition) is 2. The van der Waals surface area contributed by atoms with Gasteiger partial charge in [0.05, 0.1) is 11.7 Å². The van der Waals surface area contributed by atoms with Gasteiger partial charge < -0.3 is 0 Å². The van der Waals surface area contributed by atoms with Gasteiger partial charge in [0.1, 0.15) is 0 Å². The van der Waals surface area contributed by atoms with Gasteiger partial charge in [-0.15, -0.1) is 0 Å². The van der Waals surface area contributed by atoms with Gasteiger partial charge in [-0.3, -0.25) is 15.4 Å². The van der Waals surface area contributed by atoms with Crippen molar-refractivity contribution in [3.05, 3.63) is 18.0 Å². The molecule has 3 N–H and O–H groups in total. The van der Waals surface area contributed by atoms with Crippen molar-refractivity contribution in [1.29, 1.82) is 0 Å². The molecule has 1 saturated carbocycles. The Bertz CT molecular complexity index is 443. The van der Waals surface area contributed by atoms with E-state index in [1.165, 1.54) is 57.3 Å². The van der Waals surface area contributed by atoms with Crippen LogP contribution in [0.15, 0.2) is 12.3 Å². The molecule has 2 fully saturated rings. The highest BCUT2D eigenvalue weighted by Gasteiger charge is 2.47. The van der Waals surface area contributed by atoms with Crippen LogP contribution in [0.4, 0.5) is 0 Å². The minimum atomic E-state index is 0.187. The van der Waals surface area contributed by atoms with Crippen molar-refractivity contribution in [3.63, 3.8) is 0 Å². The normalized spacial score (nSPS) is 23.7. The van der Waals surface area contributed by atoms with E-state index in [2.05, 4.69) is 33.1 Å². The van der Waals surface area contributed by atoms with E-state index in [-0.39, 0.29) is 11.6 Å². The predicted octanol–water partition coefficient (Wildman–Crippen LogP) is 2.21. The third kappa shape index (κ3) is 2.62. The van der Waals surface area contributed by atoms with E-state index in [1.54, 1.807) is 0 Å². The van der Waals surface area contributed by atoms with Crippen LogP contribution in [0, 0.1) is 0 Å². The molecule has 1 saturated heterocycles. The van der Waals surface area contributed by atoms with Crippen molar-refractivity contribution >= 4 is 0 Å². The summed E-state index contributed by atoms with van der Waals surface area (Å²) in [5, 5.41) is 4.51. The third-order valence-corrected chi connectivity index (χ3v) is 5.39. The highest BCUT2D eigenvalue weighted by atomic mass is 15.4. The first-order chi connectivity index (χ1) is 10.3. The van der Waals surface area contributed by atoms with E-state index in [0.29, 0.717) is 0 Å². The number of nitrogens with two attached hydrogens (primary N) is 1. The Balaban J connectivity index is 1.93. The van der Waals surface area contributed by atoms with E-state index >= 15 is 0 Å². The number of hydrazine groups is 1. The molecule has 21 heavy (non-hydrogen) atoms. The molecule has 1 aromatic rings. The first-order valence-electron chi connectivity index (χ1n) is 8.55. The maximum atomic E-state index is 6.04. The lowest BCUT2D eigenvalue weighted by molar-refractivity contribution is 0.0726. The lowest BCUT2D eigenvalue weighted by Crippen LogP contribution is -2.56. The predicted molar refractivity (Wildman–Crippen MR) is 84.6 cm³/mol. The zero-order valence-electron chi connectivity index (χ0n) is 13.2. The average Bonchev–Trinajstić information content (AvgIpc) is 3.21. The largest absolute Gasteiger partial charge is 0.296 e. The van der Waals surface area contributed by atoms with E-state index < -0.39 is 0 Å². The summed E-state index contributed by atoms with van der Waals surface area (Å²) in [7, 11) is 0. The molecule has 5 heteroatoms. The highest BCUT2D eigenvalue weighted by molar-refractivity contribution is 5.17. The second-order valence-electron chi connectivity index (χ2n) is 6.58. The molecule has 0 amide bonds. The second kappa shape index (κ2) is 6.46. The quantitative estimate of drug-likeness (QED) is 0.623. The summed E-state index contributed by atoms with van der Waals surface area (Å²) in [6.07, 6.45) is 10.8. The maximum absolute atomic E-state index is 6.04. The molecule has 1 aromatic heterocycles. The van der Waals surface area contributed by atoms with Gasteiger partial charge in [-0.2, -0.15) is 5.10 Å². The SMILES string of the molecule is CCCn1nccc1C(NN)C1(N2CCCC2)CCCC1. The number of aromatic nitrogens is 2. The molecule has 1 unspecified atom stereocenters. The lowest BCUT2D eigenvalue weighted by atomic mass is 9.84. The smallest absolute Gasteiger partial charge is 0.0812 e. The summed E-state index contributed by atoms with van der Waals surface area (Å²) in [4.78, 5) is 2.70. The monoisotopic (exact) mass is 291 g/mol. The van der Waals surface area contributed by atoms with E-state index in [4.69, 9.17) is 5.84 Å². The van der Waals surface area contributed by atoms with Gasteiger partial charge in [0.25, 0.3) is 0 Å². The number of aryl methyl sites for hydroxylation is 1. The van der Waals surface area contributed by atoms with Crippen LogP contribution < -0.4 is 11.3 Å². The Morgan fingerprint density at radius 1 is 1.29 bits per heavy atom. The molecular weight excluding hydrogens is 262 g/mol. The number of likely N-dealkylation sites (tertiary alicyclic amines) is 1. The van der Waals surface area contributed by atoms with E-state index in [1.807, 2.05) is 6.20 Å². The summed E-state index contributed by atoms with van der Waals surface area (Å²) in [6, 6.07) is 2.34. The lowest BCUT2D eigenvalue weighted by Gasteiger charge is -2.44. The molecule has 1 aliphatic carbocycles. The van der Waals surface area contributed by atoms with Crippen LogP contribution in [0.3, 0.4) is 0 Å². The molecule has 5 nitrogen and oxygen atoms in total. The molecule has 0 radical (unpaired) electrons. The third-order valence-electron chi connectivity index (χ3n) is 5.39. The fourth-order valence-corrected chi connectivity index (χ4v) is 4.44. The fourth-order valence-electron chi connectivity index (χ4n) is 4.44. The molecule has 2 heterocycles. The minimum Gasteiger partial charge on any atom is -0.296 e. The summed E-state index contributed by atoms with van der Waals surface area (Å²) < 4.78 is 2.14. The topological polar surface area (TPSA) is 59.1 Å². The van der Waals surface area contributed by atoms with Gasteiger partial charge in [-0.1, -0.05) is 19.8 Å². The molecule has 1 atom stereocenters. The van der Waals surface area contributed by atoms with Crippen molar-refractivity contribution in [2.75, 3.05) is 13.1 Å². The molecule has 3 rings (SSSR count). The van der Waals surface area contributed by atoms with Crippen LogP contribution in [0.2, 0.25) is 0 Å². The second-order valence-corrected chi connectivity index (χ2v) is 6.58. The Kier molecular flexibility index (Phi) is 4.62. The Morgan fingerprint density at radius 2 is 2.00 bits per heavy atom. The van der Waals surface area contributed by atoms with Gasteiger partial charge in [0, 0.05) is 18.3 Å². The van der Waals surface area contributed by atoms with Crippen molar-refractivity contribution in [2.24, 2.45) is 5.84 Å². The van der Waals surface area contributed by atoms with Gasteiger partial charge in [-0.25, -0.2) is 5.43 Å². The standard InChI is InChI=1S/C16H29N5/c1-2-11-21-14(7-10-18-21)15(19-17)16(8-3-4-9-16)20-12-5-6-13-20/h7,10,15,19H,2-6,8-9,11-13,17H2,1H3. The number of hydrogen-bond acceptors (Lipinski definition) is 4. The van der Waals surface area contributed by atoms with Crippen molar-refractivity contribution in [1.82, 2.24) is 20.1 Å². The van der Waals surface area contributed by atoms with Crippen molar-refractivity contribution in [2.45, 2.75) is 70.0 Å². The summed E-state index contributed by atoms with van der Waals surface area (Å²) in [6.45, 7) is 5.61. The Morgan fingerprint density at radius 3 is 2.62 bits per heavy atom. The van der Waals surface area contributed by atoms with E-state index in [0.717, 1.165) is 13.0 Å². The molecule has 0 spiro atoms. The number of rotatable bonds is 6. The van der Waals surface area contributed by atoms with Crippen molar-refractivity contribution < 1.29 is 0 Å². The maximum Gasteiger partial charge on any atom is 0.0812 e. The zero-order chi connectivity index (χ0) is 14.7.